The van der Waals surface area contributed by atoms with Crippen molar-refractivity contribution in [3.8, 4) is 0 Å². The van der Waals surface area contributed by atoms with Crippen molar-refractivity contribution >= 4 is 38.5 Å². The maximum atomic E-state index is 13.8. The number of carbonyl (C=O) groups excluding carboxylic acids is 1. The molecule has 4 aromatic rings. The van der Waals surface area contributed by atoms with Crippen LogP contribution in [0.2, 0.25) is 0 Å². The fourth-order valence-electron chi connectivity index (χ4n) is 4.84. The van der Waals surface area contributed by atoms with Crippen LogP contribution in [0.15, 0.2) is 33.9 Å². The largest absolute Gasteiger partial charge is 0.389 e. The number of hydrogen-bond donors (Lipinski definition) is 1. The summed E-state index contributed by atoms with van der Waals surface area (Å²) in [5.74, 6) is 0.542. The summed E-state index contributed by atoms with van der Waals surface area (Å²) in [6.45, 7) is 6.82. The number of nitrogens with zero attached hydrogens (tertiary/aromatic N) is 5. The first-order valence-electron chi connectivity index (χ1n) is 12.5. The predicted octanol–water partition coefficient (Wildman–Crippen LogP) is 2.52. The van der Waals surface area contributed by atoms with E-state index in [2.05, 4.69) is 11.5 Å². The molecule has 0 radical (unpaired) electrons. The van der Waals surface area contributed by atoms with Gasteiger partial charge in [0, 0.05) is 24.9 Å². The third kappa shape index (κ3) is 4.41. The summed E-state index contributed by atoms with van der Waals surface area (Å²) in [6, 6.07) is 7.83. The van der Waals surface area contributed by atoms with Crippen molar-refractivity contribution < 1.29 is 14.7 Å². The van der Waals surface area contributed by atoms with Crippen molar-refractivity contribution in [1.82, 2.24) is 23.7 Å². The fourth-order valence-corrected chi connectivity index (χ4v) is 6.11. The molecule has 10 nitrogen and oxygen atoms in total. The smallest absolute Gasteiger partial charge is 0.331 e. The van der Waals surface area contributed by atoms with Gasteiger partial charge in [0.1, 0.15) is 23.4 Å². The second kappa shape index (κ2) is 9.88. The third-order valence-electron chi connectivity index (χ3n) is 6.54. The summed E-state index contributed by atoms with van der Waals surface area (Å²) >= 11 is 1.29. The normalized spacial score (nSPS) is 16.1. The number of carbonyl (C=O) groups is 1. The van der Waals surface area contributed by atoms with Crippen LogP contribution in [0.25, 0.3) is 21.3 Å². The first-order valence-corrected chi connectivity index (χ1v) is 13.3. The number of benzene rings is 1. The highest BCUT2D eigenvalue weighted by atomic mass is 32.1. The van der Waals surface area contributed by atoms with Crippen LogP contribution in [0.3, 0.4) is 0 Å². The molecule has 0 aliphatic carbocycles. The number of β-amino-alcohol motifs (C(OH)–C–C–N with tert-alkyl or cyclic N) is 1. The van der Waals surface area contributed by atoms with Gasteiger partial charge in [-0.3, -0.25) is 23.6 Å². The van der Waals surface area contributed by atoms with Gasteiger partial charge in [-0.25, -0.2) is 14.8 Å². The van der Waals surface area contributed by atoms with Gasteiger partial charge in [0.05, 0.1) is 35.1 Å². The summed E-state index contributed by atoms with van der Waals surface area (Å²) in [6.07, 6.45) is 0.854. The highest BCUT2D eigenvalue weighted by molar-refractivity contribution is 7.19. The molecule has 1 fully saturated rings. The van der Waals surface area contributed by atoms with Crippen LogP contribution in [-0.2, 0) is 31.4 Å². The van der Waals surface area contributed by atoms with E-state index in [1.54, 1.807) is 4.57 Å². The van der Waals surface area contributed by atoms with Gasteiger partial charge in [-0.05, 0) is 24.5 Å². The van der Waals surface area contributed by atoms with Crippen LogP contribution in [0.4, 0.5) is 0 Å². The van der Waals surface area contributed by atoms with Gasteiger partial charge < -0.3 is 9.67 Å². The van der Waals surface area contributed by atoms with Crippen molar-refractivity contribution in [1.29, 1.82) is 0 Å². The van der Waals surface area contributed by atoms with Crippen molar-refractivity contribution in [2.45, 2.75) is 52.8 Å². The summed E-state index contributed by atoms with van der Waals surface area (Å²) < 4.78 is 4.73. The Morgan fingerprint density at radius 3 is 2.68 bits per heavy atom. The van der Waals surface area contributed by atoms with Crippen LogP contribution in [0.1, 0.15) is 48.3 Å². The van der Waals surface area contributed by atoms with Crippen LogP contribution in [0.5, 0.6) is 0 Å². The number of amides is 1. The number of rotatable bonds is 7. The Bertz CT molecular complexity index is 1610. The molecule has 4 heterocycles. The molecular formula is C26H31N5O5S. The Labute approximate surface area is 217 Å². The van der Waals surface area contributed by atoms with E-state index < -0.39 is 23.3 Å². The van der Waals surface area contributed by atoms with E-state index in [4.69, 9.17) is 9.82 Å². The number of hydrogen-bond acceptors (Lipinski definition) is 7. The number of thiophene rings is 1. The van der Waals surface area contributed by atoms with E-state index in [0.717, 1.165) is 39.3 Å². The van der Waals surface area contributed by atoms with E-state index in [1.807, 2.05) is 38.1 Å². The summed E-state index contributed by atoms with van der Waals surface area (Å²) in [5, 5.41) is 11.3. The molecule has 0 bridgehead atoms. The molecule has 0 spiro atoms. The number of fused-ring (bicyclic) bond motifs is 2. The Balaban J connectivity index is 1.78. The van der Waals surface area contributed by atoms with E-state index in [-0.39, 0.29) is 30.0 Å². The average Bonchev–Trinajstić information content (AvgIpc) is 3.56. The molecule has 1 aliphatic rings. The molecule has 1 unspecified atom stereocenters. The van der Waals surface area contributed by atoms with Gasteiger partial charge >= 0.3 is 5.69 Å². The molecule has 1 amide bonds. The van der Waals surface area contributed by atoms with Crippen molar-refractivity contribution in [3.63, 3.8) is 0 Å². The minimum atomic E-state index is -0.798. The molecular weight excluding hydrogens is 494 g/mol. The zero-order chi connectivity index (χ0) is 26.4. The predicted molar refractivity (Wildman–Crippen MR) is 142 cm³/mol. The minimum Gasteiger partial charge on any atom is -0.389 e. The lowest BCUT2D eigenvalue weighted by molar-refractivity contribution is -0.0778. The second-order valence-corrected chi connectivity index (χ2v) is 11.0. The Morgan fingerprint density at radius 1 is 1.24 bits per heavy atom. The topological polar surface area (TPSA) is 112 Å². The summed E-state index contributed by atoms with van der Waals surface area (Å²) in [5.41, 5.74) is 1.08. The monoisotopic (exact) mass is 525 g/mol. The molecule has 1 atom stereocenters. The number of aryl methyl sites for hydroxylation is 1. The van der Waals surface area contributed by atoms with Crippen LogP contribution in [-0.4, -0.2) is 54.0 Å². The number of aliphatic hydroxyl groups excluding tert-OH is 1. The maximum absolute atomic E-state index is 13.8. The Morgan fingerprint density at radius 2 is 2.00 bits per heavy atom. The van der Waals surface area contributed by atoms with E-state index in [0.29, 0.717) is 22.8 Å². The summed E-state index contributed by atoms with van der Waals surface area (Å²) in [4.78, 5) is 51.8. The minimum absolute atomic E-state index is 0.00597. The second-order valence-electron chi connectivity index (χ2n) is 9.90. The van der Waals surface area contributed by atoms with Gasteiger partial charge in [-0.2, -0.15) is 0 Å². The molecule has 37 heavy (non-hydrogen) atoms. The lowest BCUT2D eigenvalue weighted by Gasteiger charge is -2.16. The van der Waals surface area contributed by atoms with Crippen LogP contribution < -0.4 is 11.2 Å². The lowest BCUT2D eigenvalue weighted by Crippen LogP contribution is -2.39. The molecule has 1 saturated heterocycles. The molecule has 196 valence electrons. The Hall–Kier alpha value is -3.28. The van der Waals surface area contributed by atoms with E-state index in [9.17, 15) is 19.5 Å². The fraction of sp³-hybridized carbons (Fsp3) is 0.462. The number of para-hydroxylation sites is 2. The SMILES string of the molecule is CCCc1nc2ccccc2n1Cc1sc2c(c1C(=O)N1CC(O)CO1)c(=O)n(C)c(=O)n2CC(C)C. The Kier molecular flexibility index (Phi) is 6.78. The van der Waals surface area contributed by atoms with Gasteiger partial charge in [0.25, 0.3) is 11.5 Å². The number of imidazole rings is 1. The van der Waals surface area contributed by atoms with Crippen molar-refractivity contribution in [2.75, 3.05) is 13.2 Å². The summed E-state index contributed by atoms with van der Waals surface area (Å²) in [7, 11) is 1.44. The number of aliphatic hydroxyl groups is 1. The molecule has 5 rings (SSSR count). The molecule has 3 aromatic heterocycles. The first kappa shape index (κ1) is 25.4. The van der Waals surface area contributed by atoms with Crippen LogP contribution >= 0.6 is 11.3 Å². The van der Waals surface area contributed by atoms with Gasteiger partial charge in [-0.15, -0.1) is 11.3 Å². The molecule has 1 aromatic carbocycles. The van der Waals surface area contributed by atoms with E-state index >= 15 is 0 Å². The highest BCUT2D eigenvalue weighted by Crippen LogP contribution is 2.33. The molecule has 1 N–H and O–H groups in total. The molecule has 11 heteroatoms. The average molecular weight is 526 g/mol. The lowest BCUT2D eigenvalue weighted by atomic mass is 10.1. The number of aromatic nitrogens is 4. The maximum Gasteiger partial charge on any atom is 0.331 e. The van der Waals surface area contributed by atoms with Crippen LogP contribution in [0, 0.1) is 5.92 Å². The van der Waals surface area contributed by atoms with E-state index in [1.165, 1.54) is 18.4 Å². The van der Waals surface area contributed by atoms with Crippen molar-refractivity contribution in [3.05, 3.63) is 61.4 Å². The zero-order valence-corrected chi connectivity index (χ0v) is 22.2. The molecule has 1 aliphatic heterocycles. The number of hydroxylamine groups is 2. The van der Waals surface area contributed by atoms with Crippen molar-refractivity contribution in [2.24, 2.45) is 13.0 Å². The third-order valence-corrected chi connectivity index (χ3v) is 7.74. The quantitative estimate of drug-likeness (QED) is 0.397. The molecule has 0 saturated carbocycles. The first-order chi connectivity index (χ1) is 17.7. The standard InChI is InChI=1S/C26H31N5O5S/c1-5-8-20-27-17-9-6-7-10-18(17)29(20)13-19-21(24(34)31-12-16(32)14-36-31)22-23(33)28(4)26(35)30(11-15(2)3)25(22)37-19/h6-7,9-10,15-16,32H,5,8,11-14H2,1-4H3. The zero-order valence-electron chi connectivity index (χ0n) is 21.4. The van der Waals surface area contributed by atoms with Gasteiger partial charge in [0.15, 0.2) is 0 Å². The van der Waals surface area contributed by atoms with Gasteiger partial charge in [0.2, 0.25) is 0 Å². The van der Waals surface area contributed by atoms with Gasteiger partial charge in [-0.1, -0.05) is 32.9 Å². The highest BCUT2D eigenvalue weighted by Gasteiger charge is 2.33.